The van der Waals surface area contributed by atoms with Crippen LogP contribution in [0.1, 0.15) is 45.1 Å². The van der Waals surface area contributed by atoms with Crippen LogP contribution in [0.2, 0.25) is 0 Å². The summed E-state index contributed by atoms with van der Waals surface area (Å²) in [4.78, 5) is 0. The molecule has 0 saturated heterocycles. The third-order valence-corrected chi connectivity index (χ3v) is 3.02. The highest BCUT2D eigenvalue weighted by atomic mass is 19.1. The Kier molecular flexibility index (Phi) is 7.49. The first-order valence-corrected chi connectivity index (χ1v) is 7.22. The summed E-state index contributed by atoms with van der Waals surface area (Å²) in [6, 6.07) is 5.48. The molecule has 0 fully saturated rings. The number of unbranched alkanes of at least 4 members (excludes halogenated alkanes) is 3. The minimum atomic E-state index is -0.176. The van der Waals surface area contributed by atoms with E-state index in [2.05, 4.69) is 19.2 Å². The van der Waals surface area contributed by atoms with Crippen molar-refractivity contribution in [2.24, 2.45) is 0 Å². The number of hydrogen-bond acceptors (Lipinski definition) is 2. The molecule has 0 heterocycles. The third-order valence-electron chi connectivity index (χ3n) is 3.02. The molecule has 1 aromatic rings. The maximum Gasteiger partial charge on any atom is 0.126 e. The van der Waals surface area contributed by atoms with E-state index in [1.165, 1.54) is 25.3 Å². The van der Waals surface area contributed by atoms with Gasteiger partial charge in [0, 0.05) is 6.04 Å². The van der Waals surface area contributed by atoms with Gasteiger partial charge in [0.1, 0.15) is 11.6 Å². The van der Waals surface area contributed by atoms with Gasteiger partial charge in [-0.05, 0) is 50.1 Å². The van der Waals surface area contributed by atoms with Crippen LogP contribution >= 0.6 is 0 Å². The van der Waals surface area contributed by atoms with E-state index in [1.54, 1.807) is 19.1 Å². The summed E-state index contributed by atoms with van der Waals surface area (Å²) in [7, 11) is 0. The van der Waals surface area contributed by atoms with Gasteiger partial charge in [0.2, 0.25) is 0 Å². The van der Waals surface area contributed by atoms with Gasteiger partial charge in [-0.1, -0.05) is 26.7 Å². The van der Waals surface area contributed by atoms with Crippen molar-refractivity contribution < 1.29 is 9.13 Å². The summed E-state index contributed by atoms with van der Waals surface area (Å²) in [5, 5.41) is 3.41. The van der Waals surface area contributed by atoms with Crippen LogP contribution in [0, 0.1) is 12.7 Å². The zero-order valence-corrected chi connectivity index (χ0v) is 12.3. The maximum absolute atomic E-state index is 13.1. The Morgan fingerprint density at radius 2 is 1.89 bits per heavy atom. The van der Waals surface area contributed by atoms with Crippen LogP contribution in [0.5, 0.6) is 5.75 Å². The molecule has 0 radical (unpaired) electrons. The van der Waals surface area contributed by atoms with Crippen LogP contribution in [0.3, 0.4) is 0 Å². The van der Waals surface area contributed by atoms with Crippen molar-refractivity contribution in [1.82, 2.24) is 5.32 Å². The first kappa shape index (κ1) is 16.0. The molecule has 19 heavy (non-hydrogen) atoms. The highest BCUT2D eigenvalue weighted by molar-refractivity contribution is 5.28. The van der Waals surface area contributed by atoms with Gasteiger partial charge < -0.3 is 10.1 Å². The summed E-state index contributed by atoms with van der Waals surface area (Å²) in [5.41, 5.74) is 0.636. The van der Waals surface area contributed by atoms with E-state index in [0.717, 1.165) is 18.7 Å². The Morgan fingerprint density at radius 1 is 1.16 bits per heavy atom. The standard InChI is InChI=1S/C16H26FNO/c1-13(2)18-10-6-4-5-7-11-19-15-8-9-16(17)14(3)12-15/h8-9,12-13,18H,4-7,10-11H2,1-3H3. The van der Waals surface area contributed by atoms with Gasteiger partial charge in [-0.3, -0.25) is 0 Å². The maximum atomic E-state index is 13.1. The Bertz CT molecular complexity index is 366. The zero-order chi connectivity index (χ0) is 14.1. The lowest BCUT2D eigenvalue weighted by molar-refractivity contribution is 0.303. The fraction of sp³-hybridized carbons (Fsp3) is 0.625. The molecule has 1 N–H and O–H groups in total. The summed E-state index contributed by atoms with van der Waals surface area (Å²) in [5.74, 6) is 0.588. The summed E-state index contributed by atoms with van der Waals surface area (Å²) in [6.07, 6.45) is 4.68. The molecule has 0 saturated carbocycles. The second-order valence-electron chi connectivity index (χ2n) is 5.28. The van der Waals surface area contributed by atoms with E-state index in [0.29, 0.717) is 18.2 Å². The predicted molar refractivity (Wildman–Crippen MR) is 78.2 cm³/mol. The Morgan fingerprint density at radius 3 is 2.58 bits per heavy atom. The van der Waals surface area contributed by atoms with Crippen molar-refractivity contribution in [3.05, 3.63) is 29.6 Å². The average Bonchev–Trinajstić information content (AvgIpc) is 2.36. The normalized spacial score (nSPS) is 11.0. The number of halogens is 1. The lowest BCUT2D eigenvalue weighted by Gasteiger charge is -2.08. The smallest absolute Gasteiger partial charge is 0.126 e. The fourth-order valence-corrected chi connectivity index (χ4v) is 1.87. The van der Waals surface area contributed by atoms with Crippen molar-refractivity contribution in [1.29, 1.82) is 0 Å². The number of rotatable bonds is 9. The second kappa shape index (κ2) is 8.92. The van der Waals surface area contributed by atoms with E-state index in [1.807, 2.05) is 0 Å². The summed E-state index contributed by atoms with van der Waals surface area (Å²) in [6.45, 7) is 7.89. The van der Waals surface area contributed by atoms with Crippen LogP contribution in [0.25, 0.3) is 0 Å². The molecule has 0 bridgehead atoms. The van der Waals surface area contributed by atoms with Gasteiger partial charge in [-0.2, -0.15) is 0 Å². The third kappa shape index (κ3) is 7.16. The molecule has 0 aromatic heterocycles. The SMILES string of the molecule is Cc1cc(OCCCCCCNC(C)C)ccc1F. The van der Waals surface area contributed by atoms with E-state index >= 15 is 0 Å². The molecule has 0 aliphatic rings. The average molecular weight is 267 g/mol. The van der Waals surface area contributed by atoms with Crippen molar-refractivity contribution in [2.75, 3.05) is 13.2 Å². The second-order valence-corrected chi connectivity index (χ2v) is 5.28. The molecule has 0 aliphatic carbocycles. The first-order valence-electron chi connectivity index (χ1n) is 7.22. The molecule has 1 aromatic carbocycles. The zero-order valence-electron chi connectivity index (χ0n) is 12.3. The van der Waals surface area contributed by atoms with Gasteiger partial charge in [-0.25, -0.2) is 4.39 Å². The lowest BCUT2D eigenvalue weighted by atomic mass is 10.2. The number of ether oxygens (including phenoxy) is 1. The molecule has 0 aliphatic heterocycles. The van der Waals surface area contributed by atoms with Crippen LogP contribution in [-0.4, -0.2) is 19.2 Å². The van der Waals surface area contributed by atoms with Crippen molar-refractivity contribution in [3.63, 3.8) is 0 Å². The molecule has 0 amide bonds. The molecule has 2 nitrogen and oxygen atoms in total. The number of hydrogen-bond donors (Lipinski definition) is 1. The van der Waals surface area contributed by atoms with E-state index < -0.39 is 0 Å². The minimum absolute atomic E-state index is 0.176. The first-order chi connectivity index (χ1) is 9.09. The molecule has 0 atom stereocenters. The van der Waals surface area contributed by atoms with Gasteiger partial charge in [0.05, 0.1) is 6.61 Å². The molecule has 1 rings (SSSR count). The summed E-state index contributed by atoms with van der Waals surface area (Å²) >= 11 is 0. The number of nitrogens with one attached hydrogen (secondary N) is 1. The fourth-order valence-electron chi connectivity index (χ4n) is 1.87. The molecule has 108 valence electrons. The van der Waals surface area contributed by atoms with Gasteiger partial charge >= 0.3 is 0 Å². The Labute approximate surface area is 116 Å². The monoisotopic (exact) mass is 267 g/mol. The highest BCUT2D eigenvalue weighted by Crippen LogP contribution is 2.16. The van der Waals surface area contributed by atoms with Crippen molar-refractivity contribution in [3.8, 4) is 5.75 Å². The van der Waals surface area contributed by atoms with Crippen LogP contribution < -0.4 is 10.1 Å². The quantitative estimate of drug-likeness (QED) is 0.681. The molecular formula is C16H26FNO. The lowest BCUT2D eigenvalue weighted by Crippen LogP contribution is -2.23. The predicted octanol–water partition coefficient (Wildman–Crippen LogP) is 4.07. The largest absolute Gasteiger partial charge is 0.494 e. The minimum Gasteiger partial charge on any atom is -0.494 e. The Balaban J connectivity index is 2.03. The van der Waals surface area contributed by atoms with Crippen LogP contribution in [0.15, 0.2) is 18.2 Å². The van der Waals surface area contributed by atoms with Gasteiger partial charge in [0.15, 0.2) is 0 Å². The Hall–Kier alpha value is -1.09. The molecule has 3 heteroatoms. The van der Waals surface area contributed by atoms with Gasteiger partial charge in [-0.15, -0.1) is 0 Å². The van der Waals surface area contributed by atoms with E-state index in [-0.39, 0.29) is 5.82 Å². The molecular weight excluding hydrogens is 241 g/mol. The summed E-state index contributed by atoms with van der Waals surface area (Å²) < 4.78 is 18.7. The molecule has 0 unspecified atom stereocenters. The van der Waals surface area contributed by atoms with Crippen molar-refractivity contribution in [2.45, 2.75) is 52.5 Å². The van der Waals surface area contributed by atoms with Crippen LogP contribution in [0.4, 0.5) is 4.39 Å². The van der Waals surface area contributed by atoms with E-state index in [9.17, 15) is 4.39 Å². The molecule has 0 spiro atoms. The topological polar surface area (TPSA) is 21.3 Å². The van der Waals surface area contributed by atoms with Crippen LogP contribution in [-0.2, 0) is 0 Å². The van der Waals surface area contributed by atoms with Crippen molar-refractivity contribution >= 4 is 0 Å². The number of aryl methyl sites for hydroxylation is 1. The van der Waals surface area contributed by atoms with E-state index in [4.69, 9.17) is 4.74 Å². The highest BCUT2D eigenvalue weighted by Gasteiger charge is 1.99. The number of benzene rings is 1. The van der Waals surface area contributed by atoms with Gasteiger partial charge in [0.25, 0.3) is 0 Å².